The zero-order chi connectivity index (χ0) is 14.4. The maximum Gasteiger partial charge on any atom is 0.236 e. The first-order valence-electron chi connectivity index (χ1n) is 6.58. The number of hydrogen-bond acceptors (Lipinski definition) is 4. The van der Waals surface area contributed by atoms with Crippen molar-refractivity contribution >= 4 is 5.91 Å². The highest BCUT2D eigenvalue weighted by molar-refractivity contribution is 5.77. The molecule has 0 radical (unpaired) electrons. The predicted molar refractivity (Wildman–Crippen MR) is 76.6 cm³/mol. The van der Waals surface area contributed by atoms with Crippen LogP contribution in [-0.2, 0) is 4.79 Å². The van der Waals surface area contributed by atoms with Crippen LogP contribution in [0.3, 0.4) is 0 Å². The van der Waals surface area contributed by atoms with Crippen molar-refractivity contribution in [3.63, 3.8) is 0 Å². The minimum absolute atomic E-state index is 0.0462. The summed E-state index contributed by atoms with van der Waals surface area (Å²) < 4.78 is 0. The summed E-state index contributed by atoms with van der Waals surface area (Å²) in [5, 5.41) is 0. The van der Waals surface area contributed by atoms with E-state index in [4.69, 9.17) is 5.73 Å². The molecule has 0 bridgehead atoms. The fraction of sp³-hybridized carbons (Fsp3) is 0.571. The summed E-state index contributed by atoms with van der Waals surface area (Å²) in [7, 11) is 3.52. The summed E-state index contributed by atoms with van der Waals surface area (Å²) in [4.78, 5) is 19.9. The average Bonchev–Trinajstić information content (AvgIpc) is 2.38. The molecule has 0 aliphatic rings. The molecule has 1 amide bonds. The van der Waals surface area contributed by atoms with Crippen molar-refractivity contribution < 1.29 is 4.79 Å². The number of nitrogens with two attached hydrogens (primary N) is 1. The quantitative estimate of drug-likeness (QED) is 0.828. The van der Waals surface area contributed by atoms with E-state index in [0.29, 0.717) is 6.54 Å². The normalized spacial score (nSPS) is 14.2. The van der Waals surface area contributed by atoms with Gasteiger partial charge in [-0.2, -0.15) is 0 Å². The van der Waals surface area contributed by atoms with Gasteiger partial charge < -0.3 is 10.6 Å². The summed E-state index contributed by atoms with van der Waals surface area (Å²) in [5.41, 5.74) is 7.00. The number of hydrogen-bond donors (Lipinski definition) is 1. The minimum Gasteiger partial charge on any atom is -0.348 e. The van der Waals surface area contributed by atoms with Crippen molar-refractivity contribution in [3.05, 3.63) is 30.1 Å². The second-order valence-electron chi connectivity index (χ2n) is 4.91. The Kier molecular flexibility index (Phi) is 5.92. The molecule has 106 valence electrons. The second-order valence-corrected chi connectivity index (χ2v) is 4.91. The lowest BCUT2D eigenvalue weighted by Gasteiger charge is -2.33. The SMILES string of the molecule is CCN(CC(=O)N(C)C)C(c1ccccn1)C(C)N. The molecular formula is C14H24N4O. The maximum absolute atomic E-state index is 11.9. The van der Waals surface area contributed by atoms with Gasteiger partial charge in [-0.05, 0) is 25.6 Å². The molecule has 0 spiro atoms. The Morgan fingerprint density at radius 2 is 2.11 bits per heavy atom. The summed E-state index contributed by atoms with van der Waals surface area (Å²) in [6, 6.07) is 5.64. The van der Waals surface area contributed by atoms with E-state index in [1.807, 2.05) is 32.0 Å². The molecule has 5 nitrogen and oxygen atoms in total. The number of pyridine rings is 1. The molecular weight excluding hydrogens is 240 g/mol. The van der Waals surface area contributed by atoms with Gasteiger partial charge >= 0.3 is 0 Å². The topological polar surface area (TPSA) is 62.5 Å². The van der Waals surface area contributed by atoms with E-state index in [1.54, 1.807) is 25.2 Å². The molecule has 2 N–H and O–H groups in total. The van der Waals surface area contributed by atoms with E-state index in [9.17, 15) is 4.79 Å². The third-order valence-electron chi connectivity index (χ3n) is 3.13. The maximum atomic E-state index is 11.9. The Morgan fingerprint density at radius 3 is 2.53 bits per heavy atom. The van der Waals surface area contributed by atoms with E-state index in [-0.39, 0.29) is 18.0 Å². The van der Waals surface area contributed by atoms with Gasteiger partial charge in [-0.3, -0.25) is 14.7 Å². The van der Waals surface area contributed by atoms with E-state index >= 15 is 0 Å². The highest BCUT2D eigenvalue weighted by Crippen LogP contribution is 2.21. The Hall–Kier alpha value is -1.46. The predicted octanol–water partition coefficient (Wildman–Crippen LogP) is 0.880. The zero-order valence-corrected chi connectivity index (χ0v) is 12.2. The monoisotopic (exact) mass is 264 g/mol. The lowest BCUT2D eigenvalue weighted by atomic mass is 10.0. The molecule has 0 saturated heterocycles. The van der Waals surface area contributed by atoms with Gasteiger partial charge in [-0.1, -0.05) is 13.0 Å². The summed E-state index contributed by atoms with van der Waals surface area (Å²) in [6.45, 7) is 5.08. The van der Waals surface area contributed by atoms with Crippen LogP contribution in [0, 0.1) is 0 Å². The molecule has 2 unspecified atom stereocenters. The highest BCUT2D eigenvalue weighted by atomic mass is 16.2. The van der Waals surface area contributed by atoms with Gasteiger partial charge in [0.2, 0.25) is 5.91 Å². The van der Waals surface area contributed by atoms with Crippen LogP contribution in [0.25, 0.3) is 0 Å². The number of rotatable bonds is 6. The van der Waals surface area contributed by atoms with Crippen LogP contribution in [0.4, 0.5) is 0 Å². The van der Waals surface area contributed by atoms with Gasteiger partial charge in [-0.15, -0.1) is 0 Å². The summed E-state index contributed by atoms with van der Waals surface area (Å²) >= 11 is 0. The molecule has 2 atom stereocenters. The van der Waals surface area contributed by atoms with Crippen molar-refractivity contribution in [2.75, 3.05) is 27.2 Å². The van der Waals surface area contributed by atoms with Gasteiger partial charge in [0.05, 0.1) is 18.3 Å². The Bertz CT molecular complexity index is 392. The molecule has 0 fully saturated rings. The molecule has 1 aromatic rings. The fourth-order valence-corrected chi connectivity index (χ4v) is 2.06. The Balaban J connectivity index is 2.93. The molecule has 1 rings (SSSR count). The van der Waals surface area contributed by atoms with Crippen LogP contribution in [0.1, 0.15) is 25.6 Å². The number of likely N-dealkylation sites (N-methyl/N-ethyl adjacent to an activating group) is 2. The van der Waals surface area contributed by atoms with Crippen LogP contribution in [-0.4, -0.2) is 53.9 Å². The van der Waals surface area contributed by atoms with Gasteiger partial charge in [0.15, 0.2) is 0 Å². The number of carbonyl (C=O) groups excluding carboxylic acids is 1. The Labute approximate surface area is 115 Å². The first kappa shape index (κ1) is 15.6. The van der Waals surface area contributed by atoms with Gasteiger partial charge in [-0.25, -0.2) is 0 Å². The third kappa shape index (κ3) is 4.29. The minimum atomic E-state index is -0.0928. The van der Waals surface area contributed by atoms with Crippen molar-refractivity contribution in [3.8, 4) is 0 Å². The fourth-order valence-electron chi connectivity index (χ4n) is 2.06. The van der Waals surface area contributed by atoms with Gasteiger partial charge in [0, 0.05) is 26.3 Å². The van der Waals surface area contributed by atoms with Crippen molar-refractivity contribution in [2.45, 2.75) is 25.9 Å². The van der Waals surface area contributed by atoms with E-state index in [2.05, 4.69) is 9.88 Å². The highest BCUT2D eigenvalue weighted by Gasteiger charge is 2.26. The first-order chi connectivity index (χ1) is 8.97. The van der Waals surface area contributed by atoms with Crippen LogP contribution in [0.5, 0.6) is 0 Å². The van der Waals surface area contributed by atoms with Gasteiger partial charge in [0.1, 0.15) is 0 Å². The second kappa shape index (κ2) is 7.21. The smallest absolute Gasteiger partial charge is 0.236 e. The van der Waals surface area contributed by atoms with Crippen LogP contribution < -0.4 is 5.73 Å². The number of amides is 1. The molecule has 0 aliphatic heterocycles. The molecule has 1 aromatic heterocycles. The zero-order valence-electron chi connectivity index (χ0n) is 12.2. The third-order valence-corrected chi connectivity index (χ3v) is 3.13. The largest absolute Gasteiger partial charge is 0.348 e. The van der Waals surface area contributed by atoms with E-state index < -0.39 is 0 Å². The Morgan fingerprint density at radius 1 is 1.42 bits per heavy atom. The average molecular weight is 264 g/mol. The lowest BCUT2D eigenvalue weighted by molar-refractivity contribution is -0.130. The molecule has 0 aromatic carbocycles. The van der Waals surface area contributed by atoms with Gasteiger partial charge in [0.25, 0.3) is 0 Å². The van der Waals surface area contributed by atoms with E-state index in [1.165, 1.54) is 0 Å². The lowest BCUT2D eigenvalue weighted by Crippen LogP contribution is -2.44. The molecule has 19 heavy (non-hydrogen) atoms. The number of aromatic nitrogens is 1. The molecule has 1 heterocycles. The van der Waals surface area contributed by atoms with Crippen molar-refractivity contribution in [1.29, 1.82) is 0 Å². The van der Waals surface area contributed by atoms with Crippen LogP contribution >= 0.6 is 0 Å². The standard InChI is InChI=1S/C14H24N4O/c1-5-18(10-13(19)17(3)4)14(11(2)15)12-8-6-7-9-16-12/h6-9,11,14H,5,10,15H2,1-4H3. The number of nitrogens with zero attached hydrogens (tertiary/aromatic N) is 3. The van der Waals surface area contributed by atoms with E-state index in [0.717, 1.165) is 12.2 Å². The summed E-state index contributed by atoms with van der Waals surface area (Å²) in [5.74, 6) is 0.0726. The summed E-state index contributed by atoms with van der Waals surface area (Å²) in [6.07, 6.45) is 1.76. The molecule has 0 saturated carbocycles. The van der Waals surface area contributed by atoms with Crippen LogP contribution in [0.2, 0.25) is 0 Å². The first-order valence-corrected chi connectivity index (χ1v) is 6.58. The van der Waals surface area contributed by atoms with Crippen molar-refractivity contribution in [2.24, 2.45) is 5.73 Å². The number of carbonyl (C=O) groups is 1. The van der Waals surface area contributed by atoms with Crippen LogP contribution in [0.15, 0.2) is 24.4 Å². The molecule has 0 aliphatic carbocycles. The molecule has 5 heteroatoms. The van der Waals surface area contributed by atoms with Crippen molar-refractivity contribution in [1.82, 2.24) is 14.8 Å².